The summed E-state index contributed by atoms with van der Waals surface area (Å²) >= 11 is 0. The lowest BCUT2D eigenvalue weighted by Crippen LogP contribution is -2.80. The fraction of sp³-hybridized carbons (Fsp3) is 1.00. The summed E-state index contributed by atoms with van der Waals surface area (Å²) in [4.78, 5) is 0. The third kappa shape index (κ3) is 2.21. The molecule has 0 aromatic carbocycles. The SMILES string of the molecule is OC(O)C(O)(O)C(O)(O)C(O)(O)C(O)(O)C(O)O. The number of aliphatic hydroxyl groups is 12. The van der Waals surface area contributed by atoms with Crippen LogP contribution in [0.2, 0.25) is 0 Å². The molecule has 0 spiro atoms. The van der Waals surface area contributed by atoms with Crippen molar-refractivity contribution in [2.75, 3.05) is 0 Å². The summed E-state index contributed by atoms with van der Waals surface area (Å²) in [5.74, 6) is -18.6. The molecule has 12 N–H and O–H groups in total. The Kier molecular flexibility index (Phi) is 4.44. The summed E-state index contributed by atoms with van der Waals surface area (Å²) in [6.45, 7) is 0. The zero-order valence-corrected chi connectivity index (χ0v) is 8.52. The van der Waals surface area contributed by atoms with Gasteiger partial charge in [-0.05, 0) is 0 Å². The van der Waals surface area contributed by atoms with E-state index in [1.807, 2.05) is 0 Å². The molecule has 0 radical (unpaired) electrons. The van der Waals surface area contributed by atoms with Crippen molar-refractivity contribution in [1.82, 2.24) is 0 Å². The third-order valence-corrected chi connectivity index (χ3v) is 2.23. The summed E-state index contributed by atoms with van der Waals surface area (Å²) in [7, 11) is 0. The molecule has 0 fully saturated rings. The maximum absolute atomic E-state index is 9.02. The second kappa shape index (κ2) is 4.57. The van der Waals surface area contributed by atoms with Gasteiger partial charge in [0.25, 0.3) is 23.1 Å². The lowest BCUT2D eigenvalue weighted by Gasteiger charge is -2.47. The van der Waals surface area contributed by atoms with E-state index in [0.29, 0.717) is 0 Å². The van der Waals surface area contributed by atoms with Gasteiger partial charge in [0.15, 0.2) is 0 Å². The van der Waals surface area contributed by atoms with Gasteiger partial charge in [-0.15, -0.1) is 0 Å². The predicted molar refractivity (Wildman–Crippen MR) is 45.1 cm³/mol. The highest BCUT2D eigenvalue weighted by atomic mass is 16.7. The van der Waals surface area contributed by atoms with Crippen LogP contribution < -0.4 is 0 Å². The summed E-state index contributed by atoms with van der Waals surface area (Å²) in [5, 5.41) is 105. The van der Waals surface area contributed by atoms with Gasteiger partial charge in [-0.2, -0.15) is 0 Å². The minimum absolute atomic E-state index is 3.40. The van der Waals surface area contributed by atoms with Crippen LogP contribution in [0.15, 0.2) is 0 Å². The Labute approximate surface area is 98.1 Å². The molecule has 0 saturated carbocycles. The Hall–Kier alpha value is -0.480. The highest BCUT2D eigenvalue weighted by molar-refractivity contribution is 5.02. The van der Waals surface area contributed by atoms with Crippen LogP contribution in [0, 0.1) is 0 Å². The van der Waals surface area contributed by atoms with E-state index in [2.05, 4.69) is 0 Å². The minimum atomic E-state index is -4.82. The van der Waals surface area contributed by atoms with Crippen molar-refractivity contribution >= 4 is 0 Å². The van der Waals surface area contributed by atoms with Crippen molar-refractivity contribution in [3.8, 4) is 0 Å². The first-order valence-corrected chi connectivity index (χ1v) is 4.15. The molecule has 0 unspecified atom stereocenters. The Morgan fingerprint density at radius 1 is 0.444 bits per heavy atom. The molecule has 0 aliphatic heterocycles. The summed E-state index contributed by atoms with van der Waals surface area (Å²) in [6.07, 6.45) is -6.81. The summed E-state index contributed by atoms with van der Waals surface area (Å²) in [5.41, 5.74) is 0. The van der Waals surface area contributed by atoms with Gasteiger partial charge in [0, 0.05) is 0 Å². The fourth-order valence-electron chi connectivity index (χ4n) is 0.873. The van der Waals surface area contributed by atoms with Crippen LogP contribution in [0.3, 0.4) is 0 Å². The van der Waals surface area contributed by atoms with Crippen LogP contribution in [-0.4, -0.2) is 97.0 Å². The van der Waals surface area contributed by atoms with E-state index in [0.717, 1.165) is 0 Å². The first-order chi connectivity index (χ1) is 7.64. The van der Waals surface area contributed by atoms with Gasteiger partial charge in [0.05, 0.1) is 0 Å². The second-order valence-electron chi connectivity index (χ2n) is 3.54. The van der Waals surface area contributed by atoms with E-state index in [1.165, 1.54) is 0 Å². The van der Waals surface area contributed by atoms with E-state index >= 15 is 0 Å². The van der Waals surface area contributed by atoms with Crippen molar-refractivity contribution in [2.45, 2.75) is 35.7 Å². The normalized spacial score (nSPS) is 15.7. The summed E-state index contributed by atoms with van der Waals surface area (Å²) < 4.78 is 0. The average molecular weight is 278 g/mol. The van der Waals surface area contributed by atoms with Crippen LogP contribution in [0.1, 0.15) is 0 Å². The van der Waals surface area contributed by atoms with Gasteiger partial charge in [-0.3, -0.25) is 0 Å². The van der Waals surface area contributed by atoms with Crippen molar-refractivity contribution < 1.29 is 61.3 Å². The molecule has 0 aromatic heterocycles. The van der Waals surface area contributed by atoms with Crippen LogP contribution in [-0.2, 0) is 0 Å². The topological polar surface area (TPSA) is 243 Å². The van der Waals surface area contributed by atoms with Gasteiger partial charge in [0.1, 0.15) is 0 Å². The van der Waals surface area contributed by atoms with Gasteiger partial charge in [0.2, 0.25) is 12.6 Å². The zero-order valence-electron chi connectivity index (χ0n) is 8.52. The van der Waals surface area contributed by atoms with E-state index in [9.17, 15) is 0 Å². The lowest BCUT2D eigenvalue weighted by atomic mass is 9.88. The van der Waals surface area contributed by atoms with E-state index < -0.39 is 35.7 Å². The first-order valence-electron chi connectivity index (χ1n) is 4.15. The molecule has 0 saturated heterocycles. The monoisotopic (exact) mass is 278 g/mol. The quantitative estimate of drug-likeness (QED) is 0.210. The van der Waals surface area contributed by atoms with Crippen LogP contribution >= 0.6 is 0 Å². The number of aliphatic hydroxyl groups excluding tert-OH is 2. The summed E-state index contributed by atoms with van der Waals surface area (Å²) in [6, 6.07) is 0. The van der Waals surface area contributed by atoms with Crippen LogP contribution in [0.25, 0.3) is 0 Å². The first kappa shape index (κ1) is 17.5. The standard InChI is InChI=1S/C6H14O12/c7-1(8)3(11,12)5(15,16)6(17,18)4(13,14)2(9)10/h1-2,7-18H. The third-order valence-electron chi connectivity index (χ3n) is 2.23. The molecule has 0 heterocycles. The maximum Gasteiger partial charge on any atom is 0.285 e. The molecule has 0 amide bonds. The molecular weight excluding hydrogens is 264 g/mol. The van der Waals surface area contributed by atoms with E-state index in [4.69, 9.17) is 61.3 Å². The Bertz CT molecular complexity index is 261. The minimum Gasteiger partial charge on any atom is -0.364 e. The smallest absolute Gasteiger partial charge is 0.285 e. The van der Waals surface area contributed by atoms with Gasteiger partial charge < -0.3 is 61.3 Å². The number of rotatable bonds is 5. The van der Waals surface area contributed by atoms with Crippen molar-refractivity contribution in [3.05, 3.63) is 0 Å². The molecule has 18 heavy (non-hydrogen) atoms. The lowest BCUT2D eigenvalue weighted by molar-refractivity contribution is -0.537. The molecule has 0 bridgehead atoms. The predicted octanol–water partition coefficient (Wildman–Crippen LogP) is -7.67. The highest BCUT2D eigenvalue weighted by Gasteiger charge is 2.73. The van der Waals surface area contributed by atoms with Crippen LogP contribution in [0.4, 0.5) is 0 Å². The Morgan fingerprint density at radius 2 is 0.611 bits per heavy atom. The maximum atomic E-state index is 9.02. The zero-order chi connectivity index (χ0) is 15.2. The largest absolute Gasteiger partial charge is 0.364 e. The van der Waals surface area contributed by atoms with Gasteiger partial charge >= 0.3 is 0 Å². The molecule has 0 aliphatic carbocycles. The molecule has 0 aliphatic rings. The molecular formula is C6H14O12. The Morgan fingerprint density at radius 3 is 0.722 bits per heavy atom. The molecule has 0 atom stereocenters. The molecule has 12 nitrogen and oxygen atoms in total. The van der Waals surface area contributed by atoms with Crippen molar-refractivity contribution in [3.63, 3.8) is 0 Å². The molecule has 12 heteroatoms. The molecule has 0 aromatic rings. The highest BCUT2D eigenvalue weighted by Crippen LogP contribution is 2.36. The molecule has 0 rings (SSSR count). The Balaban J connectivity index is 5.74. The van der Waals surface area contributed by atoms with Gasteiger partial charge in [-0.25, -0.2) is 0 Å². The van der Waals surface area contributed by atoms with Gasteiger partial charge in [-0.1, -0.05) is 0 Å². The van der Waals surface area contributed by atoms with Crippen LogP contribution in [0.5, 0.6) is 0 Å². The average Bonchev–Trinajstić information content (AvgIpc) is 2.15. The van der Waals surface area contributed by atoms with Crippen molar-refractivity contribution in [1.29, 1.82) is 0 Å². The number of hydrogen-bond acceptors (Lipinski definition) is 12. The fourth-order valence-corrected chi connectivity index (χ4v) is 0.873. The van der Waals surface area contributed by atoms with E-state index in [1.54, 1.807) is 0 Å². The second-order valence-corrected chi connectivity index (χ2v) is 3.54. The number of hydrogen-bond donors (Lipinski definition) is 12. The van der Waals surface area contributed by atoms with E-state index in [-0.39, 0.29) is 0 Å². The van der Waals surface area contributed by atoms with Crippen molar-refractivity contribution in [2.24, 2.45) is 0 Å². The molecule has 110 valence electrons.